The second kappa shape index (κ2) is 6.59. The summed E-state index contributed by atoms with van der Waals surface area (Å²) in [5.41, 5.74) is 0. The van der Waals surface area contributed by atoms with Crippen molar-refractivity contribution >= 4 is 11.9 Å². The number of carboxylic acid groups (broad SMARTS) is 1. The third-order valence-electron chi connectivity index (χ3n) is 3.40. The Morgan fingerprint density at radius 2 is 2.00 bits per heavy atom. The topological polar surface area (TPSA) is 69.6 Å². The van der Waals surface area contributed by atoms with Crippen molar-refractivity contribution in [1.82, 2.24) is 10.2 Å². The van der Waals surface area contributed by atoms with Crippen molar-refractivity contribution in [3.63, 3.8) is 0 Å². The lowest BCUT2D eigenvalue weighted by Gasteiger charge is -2.32. The van der Waals surface area contributed by atoms with E-state index in [9.17, 15) is 9.59 Å². The number of hydrogen-bond donors (Lipinski definition) is 2. The molecule has 5 heteroatoms. The summed E-state index contributed by atoms with van der Waals surface area (Å²) >= 11 is 0. The Morgan fingerprint density at radius 1 is 1.41 bits per heavy atom. The van der Waals surface area contributed by atoms with Crippen LogP contribution in [0.2, 0.25) is 0 Å². The summed E-state index contributed by atoms with van der Waals surface area (Å²) in [6, 6.07) is -0.00603. The van der Waals surface area contributed by atoms with E-state index >= 15 is 0 Å². The van der Waals surface area contributed by atoms with Crippen molar-refractivity contribution in [2.75, 3.05) is 19.6 Å². The lowest BCUT2D eigenvalue weighted by atomic mass is 9.95. The molecule has 1 aliphatic heterocycles. The monoisotopic (exact) mass is 242 g/mol. The van der Waals surface area contributed by atoms with Gasteiger partial charge in [-0.1, -0.05) is 6.92 Å². The number of nitrogens with zero attached hydrogens (tertiary/aromatic N) is 1. The second-order valence-electron chi connectivity index (χ2n) is 4.64. The van der Waals surface area contributed by atoms with Gasteiger partial charge in [0.2, 0.25) is 5.91 Å². The van der Waals surface area contributed by atoms with Gasteiger partial charge in [-0.15, -0.1) is 0 Å². The molecule has 1 fully saturated rings. The SMILES string of the molecule is CCC(C)N(CC(=O)O)C(=O)C1CCNCC1. The number of amides is 1. The van der Waals surface area contributed by atoms with E-state index in [0.717, 1.165) is 32.4 Å². The molecule has 0 bridgehead atoms. The molecule has 1 atom stereocenters. The van der Waals surface area contributed by atoms with Gasteiger partial charge in [-0.25, -0.2) is 0 Å². The van der Waals surface area contributed by atoms with Crippen molar-refractivity contribution in [2.45, 2.75) is 39.2 Å². The Kier molecular flexibility index (Phi) is 5.41. The first-order valence-electron chi connectivity index (χ1n) is 6.29. The first-order chi connectivity index (χ1) is 8.06. The van der Waals surface area contributed by atoms with Crippen LogP contribution < -0.4 is 5.32 Å². The Balaban J connectivity index is 2.66. The molecule has 1 aliphatic rings. The van der Waals surface area contributed by atoms with Crippen LogP contribution in [0, 0.1) is 5.92 Å². The van der Waals surface area contributed by atoms with Crippen LogP contribution in [0.4, 0.5) is 0 Å². The number of carboxylic acids is 1. The molecule has 1 saturated heterocycles. The summed E-state index contributed by atoms with van der Waals surface area (Å²) in [6.07, 6.45) is 2.40. The summed E-state index contributed by atoms with van der Waals surface area (Å²) in [4.78, 5) is 24.6. The van der Waals surface area contributed by atoms with Gasteiger partial charge in [0.15, 0.2) is 0 Å². The van der Waals surface area contributed by atoms with Crippen molar-refractivity contribution < 1.29 is 14.7 Å². The lowest BCUT2D eigenvalue weighted by Crippen LogP contribution is -2.47. The van der Waals surface area contributed by atoms with Crippen LogP contribution in [0.15, 0.2) is 0 Å². The highest BCUT2D eigenvalue weighted by Gasteiger charge is 2.29. The summed E-state index contributed by atoms with van der Waals surface area (Å²) in [7, 11) is 0. The van der Waals surface area contributed by atoms with Gasteiger partial charge in [0.05, 0.1) is 0 Å². The largest absolute Gasteiger partial charge is 0.480 e. The maximum atomic E-state index is 12.3. The number of piperidine rings is 1. The molecular formula is C12H22N2O3. The Morgan fingerprint density at radius 3 is 2.47 bits per heavy atom. The molecular weight excluding hydrogens is 220 g/mol. The first-order valence-corrected chi connectivity index (χ1v) is 6.29. The van der Waals surface area contributed by atoms with E-state index in [1.165, 1.54) is 4.90 Å². The minimum atomic E-state index is -0.937. The molecule has 98 valence electrons. The van der Waals surface area contributed by atoms with Crippen molar-refractivity contribution in [1.29, 1.82) is 0 Å². The minimum absolute atomic E-state index is 0.00301. The highest BCUT2D eigenvalue weighted by molar-refractivity contribution is 5.83. The van der Waals surface area contributed by atoms with Crippen LogP contribution in [0.25, 0.3) is 0 Å². The fourth-order valence-corrected chi connectivity index (χ4v) is 2.12. The Labute approximate surface area is 102 Å². The smallest absolute Gasteiger partial charge is 0.323 e. The van der Waals surface area contributed by atoms with Gasteiger partial charge < -0.3 is 15.3 Å². The number of aliphatic carboxylic acids is 1. The average Bonchev–Trinajstić information content (AvgIpc) is 2.35. The van der Waals surface area contributed by atoms with Crippen LogP contribution in [-0.2, 0) is 9.59 Å². The predicted octanol–water partition coefficient (Wildman–Crippen LogP) is 0.698. The molecule has 17 heavy (non-hydrogen) atoms. The van der Waals surface area contributed by atoms with Crippen molar-refractivity contribution in [3.8, 4) is 0 Å². The van der Waals surface area contributed by atoms with E-state index in [0.29, 0.717) is 0 Å². The second-order valence-corrected chi connectivity index (χ2v) is 4.64. The highest BCUT2D eigenvalue weighted by atomic mass is 16.4. The Bertz CT molecular complexity index is 275. The molecule has 0 radical (unpaired) electrons. The number of rotatable bonds is 5. The quantitative estimate of drug-likeness (QED) is 0.744. The molecule has 1 heterocycles. The van der Waals surface area contributed by atoms with Gasteiger partial charge in [0.25, 0.3) is 0 Å². The van der Waals surface area contributed by atoms with Crippen LogP contribution in [-0.4, -0.2) is 47.6 Å². The summed E-state index contributed by atoms with van der Waals surface area (Å²) in [5, 5.41) is 12.1. The van der Waals surface area contributed by atoms with Gasteiger partial charge >= 0.3 is 5.97 Å². The predicted molar refractivity (Wildman–Crippen MR) is 64.7 cm³/mol. The minimum Gasteiger partial charge on any atom is -0.480 e. The molecule has 0 spiro atoms. The van der Waals surface area contributed by atoms with Gasteiger partial charge in [-0.3, -0.25) is 9.59 Å². The zero-order valence-corrected chi connectivity index (χ0v) is 10.6. The van der Waals surface area contributed by atoms with Crippen molar-refractivity contribution in [2.24, 2.45) is 5.92 Å². The van der Waals surface area contributed by atoms with Gasteiger partial charge in [-0.2, -0.15) is 0 Å². The molecule has 1 rings (SSSR count). The van der Waals surface area contributed by atoms with Crippen LogP contribution >= 0.6 is 0 Å². The first kappa shape index (κ1) is 14.0. The molecule has 1 unspecified atom stereocenters. The molecule has 5 nitrogen and oxygen atoms in total. The Hall–Kier alpha value is -1.10. The number of nitrogens with one attached hydrogen (secondary N) is 1. The molecule has 1 amide bonds. The van der Waals surface area contributed by atoms with Gasteiger partial charge in [0.1, 0.15) is 6.54 Å². The number of carbonyl (C=O) groups excluding carboxylic acids is 1. The van der Waals surface area contributed by atoms with E-state index in [-0.39, 0.29) is 24.4 Å². The van der Waals surface area contributed by atoms with Crippen LogP contribution in [0.3, 0.4) is 0 Å². The van der Waals surface area contributed by atoms with E-state index < -0.39 is 5.97 Å². The maximum Gasteiger partial charge on any atom is 0.323 e. The van der Waals surface area contributed by atoms with E-state index in [1.807, 2.05) is 13.8 Å². The zero-order chi connectivity index (χ0) is 12.8. The summed E-state index contributed by atoms with van der Waals surface area (Å²) in [6.45, 7) is 5.38. The summed E-state index contributed by atoms with van der Waals surface area (Å²) in [5.74, 6) is -0.944. The highest BCUT2D eigenvalue weighted by Crippen LogP contribution is 2.17. The van der Waals surface area contributed by atoms with Gasteiger partial charge in [0, 0.05) is 12.0 Å². The fourth-order valence-electron chi connectivity index (χ4n) is 2.12. The third-order valence-corrected chi connectivity index (χ3v) is 3.40. The molecule has 2 N–H and O–H groups in total. The number of hydrogen-bond acceptors (Lipinski definition) is 3. The third kappa shape index (κ3) is 4.00. The van der Waals surface area contributed by atoms with Crippen molar-refractivity contribution in [3.05, 3.63) is 0 Å². The van der Waals surface area contributed by atoms with Gasteiger partial charge in [-0.05, 0) is 39.3 Å². The fraction of sp³-hybridized carbons (Fsp3) is 0.833. The van der Waals surface area contributed by atoms with Crippen LogP contribution in [0.1, 0.15) is 33.1 Å². The summed E-state index contributed by atoms with van der Waals surface area (Å²) < 4.78 is 0. The molecule has 0 aromatic rings. The van der Waals surface area contributed by atoms with Crippen LogP contribution in [0.5, 0.6) is 0 Å². The zero-order valence-electron chi connectivity index (χ0n) is 10.6. The molecule has 0 aromatic heterocycles. The molecule has 0 aromatic carbocycles. The van der Waals surface area contributed by atoms with E-state index in [1.54, 1.807) is 0 Å². The van der Waals surface area contributed by atoms with E-state index in [4.69, 9.17) is 5.11 Å². The average molecular weight is 242 g/mol. The van der Waals surface area contributed by atoms with E-state index in [2.05, 4.69) is 5.32 Å². The lowest BCUT2D eigenvalue weighted by molar-refractivity contribution is -0.148. The molecule has 0 aliphatic carbocycles. The maximum absolute atomic E-state index is 12.3. The standard InChI is InChI=1S/C12H22N2O3/c1-3-9(2)14(8-11(15)16)12(17)10-4-6-13-7-5-10/h9-10,13H,3-8H2,1-2H3,(H,15,16). The number of carbonyl (C=O) groups is 2. The normalized spacial score (nSPS) is 18.7. The molecule has 0 saturated carbocycles.